The standard InChI is InChI=1S/C12H10F3N3O/c1-19-10-9(17-6-18-11(10)16)7-3-2-4-8(5-7)12(13,14)15/h2-6H,1H3,(H2,16,17,18). The van der Waals surface area contributed by atoms with Gasteiger partial charge < -0.3 is 10.5 Å². The molecule has 1 heterocycles. The zero-order valence-electron chi connectivity index (χ0n) is 9.90. The Balaban J connectivity index is 2.57. The molecule has 0 aliphatic rings. The summed E-state index contributed by atoms with van der Waals surface area (Å²) in [6.07, 6.45) is -3.24. The molecule has 4 nitrogen and oxygen atoms in total. The second-order valence-electron chi connectivity index (χ2n) is 3.72. The largest absolute Gasteiger partial charge is 0.491 e. The maximum atomic E-state index is 12.7. The van der Waals surface area contributed by atoms with Gasteiger partial charge in [-0.1, -0.05) is 12.1 Å². The van der Waals surface area contributed by atoms with Crippen molar-refractivity contribution >= 4 is 5.82 Å². The first kappa shape index (κ1) is 13.1. The van der Waals surface area contributed by atoms with Gasteiger partial charge >= 0.3 is 6.18 Å². The van der Waals surface area contributed by atoms with E-state index in [1.807, 2.05) is 0 Å². The van der Waals surface area contributed by atoms with Crippen LogP contribution in [0.5, 0.6) is 5.75 Å². The predicted molar refractivity (Wildman–Crippen MR) is 63.4 cm³/mol. The van der Waals surface area contributed by atoms with Crippen LogP contribution < -0.4 is 10.5 Å². The van der Waals surface area contributed by atoms with Crippen LogP contribution >= 0.6 is 0 Å². The summed E-state index contributed by atoms with van der Waals surface area (Å²) in [5.74, 6) is 0.228. The Morgan fingerprint density at radius 1 is 1.21 bits per heavy atom. The first-order valence-electron chi connectivity index (χ1n) is 5.25. The lowest BCUT2D eigenvalue weighted by Crippen LogP contribution is -2.05. The van der Waals surface area contributed by atoms with Crippen molar-refractivity contribution in [2.75, 3.05) is 12.8 Å². The first-order chi connectivity index (χ1) is 8.93. The molecule has 2 rings (SSSR count). The Kier molecular flexibility index (Phi) is 3.28. The zero-order valence-corrected chi connectivity index (χ0v) is 9.90. The van der Waals surface area contributed by atoms with E-state index in [0.717, 1.165) is 12.1 Å². The number of nitrogen functional groups attached to an aromatic ring is 1. The number of aromatic nitrogens is 2. The van der Waals surface area contributed by atoms with Crippen LogP contribution in [0.3, 0.4) is 0 Å². The molecular formula is C12H10F3N3O. The minimum absolute atomic E-state index is 0.0740. The van der Waals surface area contributed by atoms with Gasteiger partial charge in [0.15, 0.2) is 11.6 Å². The lowest BCUT2D eigenvalue weighted by atomic mass is 10.1. The van der Waals surface area contributed by atoms with E-state index in [-0.39, 0.29) is 22.8 Å². The van der Waals surface area contributed by atoms with Gasteiger partial charge in [0.1, 0.15) is 12.0 Å². The van der Waals surface area contributed by atoms with E-state index in [2.05, 4.69) is 9.97 Å². The quantitative estimate of drug-likeness (QED) is 0.910. The highest BCUT2D eigenvalue weighted by molar-refractivity contribution is 5.71. The fourth-order valence-corrected chi connectivity index (χ4v) is 1.64. The van der Waals surface area contributed by atoms with Crippen LogP contribution in [0.25, 0.3) is 11.3 Å². The maximum absolute atomic E-state index is 12.7. The monoisotopic (exact) mass is 269 g/mol. The van der Waals surface area contributed by atoms with E-state index < -0.39 is 11.7 Å². The molecular weight excluding hydrogens is 259 g/mol. The molecule has 19 heavy (non-hydrogen) atoms. The summed E-state index contributed by atoms with van der Waals surface area (Å²) in [6, 6.07) is 4.78. The highest BCUT2D eigenvalue weighted by Gasteiger charge is 2.30. The van der Waals surface area contributed by atoms with Crippen LogP contribution in [0.1, 0.15) is 5.56 Å². The zero-order chi connectivity index (χ0) is 14.0. The normalized spacial score (nSPS) is 11.4. The third kappa shape index (κ3) is 2.59. The molecule has 0 saturated heterocycles. The van der Waals surface area contributed by atoms with E-state index in [1.54, 1.807) is 0 Å². The van der Waals surface area contributed by atoms with Crippen molar-refractivity contribution in [1.29, 1.82) is 0 Å². The smallest absolute Gasteiger partial charge is 0.416 e. The molecule has 2 aromatic rings. The Hall–Kier alpha value is -2.31. The molecule has 0 spiro atoms. The fraction of sp³-hybridized carbons (Fsp3) is 0.167. The van der Waals surface area contributed by atoms with Gasteiger partial charge in [-0.25, -0.2) is 9.97 Å². The van der Waals surface area contributed by atoms with Crippen molar-refractivity contribution in [1.82, 2.24) is 9.97 Å². The molecule has 1 aromatic heterocycles. The molecule has 0 aliphatic heterocycles. The highest BCUT2D eigenvalue weighted by atomic mass is 19.4. The molecule has 0 atom stereocenters. The van der Waals surface area contributed by atoms with Crippen LogP contribution in [0, 0.1) is 0 Å². The summed E-state index contributed by atoms with van der Waals surface area (Å²) in [7, 11) is 1.35. The molecule has 0 bridgehead atoms. The lowest BCUT2D eigenvalue weighted by Gasteiger charge is -2.11. The fourth-order valence-electron chi connectivity index (χ4n) is 1.64. The topological polar surface area (TPSA) is 61.0 Å². The van der Waals surface area contributed by atoms with E-state index >= 15 is 0 Å². The van der Waals surface area contributed by atoms with Crippen LogP contribution in [-0.4, -0.2) is 17.1 Å². The van der Waals surface area contributed by atoms with Gasteiger partial charge in [-0.05, 0) is 12.1 Å². The number of rotatable bonds is 2. The second kappa shape index (κ2) is 4.75. The van der Waals surface area contributed by atoms with Crippen molar-refractivity contribution in [3.8, 4) is 17.0 Å². The summed E-state index contributed by atoms with van der Waals surface area (Å²) < 4.78 is 43.0. The first-order valence-corrected chi connectivity index (χ1v) is 5.25. The highest BCUT2D eigenvalue weighted by Crippen LogP contribution is 2.35. The third-order valence-electron chi connectivity index (χ3n) is 2.50. The summed E-state index contributed by atoms with van der Waals surface area (Å²) in [4.78, 5) is 7.65. The number of alkyl halides is 3. The molecule has 0 amide bonds. The molecule has 2 N–H and O–H groups in total. The van der Waals surface area contributed by atoms with Gasteiger partial charge in [0.05, 0.1) is 12.7 Å². The van der Waals surface area contributed by atoms with E-state index in [1.165, 1.54) is 25.6 Å². The average Bonchev–Trinajstić information content (AvgIpc) is 2.37. The number of nitrogens with zero attached hydrogens (tertiary/aromatic N) is 2. The predicted octanol–water partition coefficient (Wildman–Crippen LogP) is 2.75. The van der Waals surface area contributed by atoms with Crippen LogP contribution in [0.15, 0.2) is 30.6 Å². The molecule has 1 aromatic carbocycles. The Morgan fingerprint density at radius 2 is 1.95 bits per heavy atom. The molecule has 7 heteroatoms. The van der Waals surface area contributed by atoms with E-state index in [0.29, 0.717) is 0 Å². The van der Waals surface area contributed by atoms with Crippen molar-refractivity contribution in [2.24, 2.45) is 0 Å². The second-order valence-corrected chi connectivity index (χ2v) is 3.72. The Labute approximate surface area is 107 Å². The van der Waals surface area contributed by atoms with E-state index in [9.17, 15) is 13.2 Å². The molecule has 0 radical (unpaired) electrons. The Bertz CT molecular complexity index is 599. The van der Waals surface area contributed by atoms with Crippen LogP contribution in [0.2, 0.25) is 0 Å². The molecule has 100 valence electrons. The number of hydrogen-bond donors (Lipinski definition) is 1. The van der Waals surface area contributed by atoms with Crippen molar-refractivity contribution in [2.45, 2.75) is 6.18 Å². The summed E-state index contributed by atoms with van der Waals surface area (Å²) in [6.45, 7) is 0. The van der Waals surface area contributed by atoms with Crippen molar-refractivity contribution < 1.29 is 17.9 Å². The number of ether oxygens (including phenoxy) is 1. The number of anilines is 1. The van der Waals surface area contributed by atoms with Gasteiger partial charge in [0.2, 0.25) is 0 Å². The Morgan fingerprint density at radius 3 is 2.58 bits per heavy atom. The third-order valence-corrected chi connectivity index (χ3v) is 2.50. The SMILES string of the molecule is COc1c(N)ncnc1-c1cccc(C(F)(F)F)c1. The lowest BCUT2D eigenvalue weighted by molar-refractivity contribution is -0.137. The van der Waals surface area contributed by atoms with Gasteiger partial charge in [-0.2, -0.15) is 13.2 Å². The summed E-state index contributed by atoms with van der Waals surface area (Å²) in [5.41, 5.74) is 5.32. The number of halogens is 3. The minimum Gasteiger partial charge on any atom is -0.491 e. The minimum atomic E-state index is -4.41. The van der Waals surface area contributed by atoms with Crippen LogP contribution in [-0.2, 0) is 6.18 Å². The average molecular weight is 269 g/mol. The summed E-state index contributed by atoms with van der Waals surface area (Å²) in [5, 5.41) is 0. The van der Waals surface area contributed by atoms with Gasteiger partial charge in [0.25, 0.3) is 0 Å². The van der Waals surface area contributed by atoms with Crippen molar-refractivity contribution in [3.05, 3.63) is 36.2 Å². The number of hydrogen-bond acceptors (Lipinski definition) is 4. The van der Waals surface area contributed by atoms with Crippen LogP contribution in [0.4, 0.5) is 19.0 Å². The number of methoxy groups -OCH3 is 1. The number of benzene rings is 1. The number of nitrogens with two attached hydrogens (primary N) is 1. The maximum Gasteiger partial charge on any atom is 0.416 e. The molecule has 0 saturated carbocycles. The van der Waals surface area contributed by atoms with Crippen molar-refractivity contribution in [3.63, 3.8) is 0 Å². The van der Waals surface area contributed by atoms with Gasteiger partial charge in [-0.15, -0.1) is 0 Å². The van der Waals surface area contributed by atoms with Gasteiger partial charge in [0, 0.05) is 5.56 Å². The summed E-state index contributed by atoms with van der Waals surface area (Å²) >= 11 is 0. The molecule has 0 aliphatic carbocycles. The van der Waals surface area contributed by atoms with E-state index in [4.69, 9.17) is 10.5 Å². The molecule has 0 fully saturated rings. The van der Waals surface area contributed by atoms with Gasteiger partial charge in [-0.3, -0.25) is 0 Å². The molecule has 0 unspecified atom stereocenters.